The zero-order valence-electron chi connectivity index (χ0n) is 19.0. The Morgan fingerprint density at radius 1 is 1.12 bits per heavy atom. The molecule has 0 radical (unpaired) electrons. The summed E-state index contributed by atoms with van der Waals surface area (Å²) in [5, 5.41) is 6.66. The first-order chi connectivity index (χ1) is 15.2. The SMILES string of the molecule is CCNC(=NCc1ccc(-n2ccnc2C)nc1)NCCCOC(C)c1ccccc1.I. The summed E-state index contributed by atoms with van der Waals surface area (Å²) >= 11 is 0. The maximum Gasteiger partial charge on any atom is 0.191 e. The van der Waals surface area contributed by atoms with Crippen LogP contribution in [0.3, 0.4) is 0 Å². The number of ether oxygens (including phenoxy) is 1. The van der Waals surface area contributed by atoms with Crippen molar-refractivity contribution in [3.63, 3.8) is 0 Å². The highest BCUT2D eigenvalue weighted by Crippen LogP contribution is 2.15. The molecule has 3 aromatic rings. The Balaban J connectivity index is 0.00000363. The number of nitrogens with zero attached hydrogens (tertiary/aromatic N) is 4. The Hall–Kier alpha value is -2.46. The second-order valence-electron chi connectivity index (χ2n) is 7.27. The first kappa shape index (κ1) is 25.8. The van der Waals surface area contributed by atoms with Crippen LogP contribution in [0, 0.1) is 6.92 Å². The molecule has 1 aromatic carbocycles. The number of nitrogens with one attached hydrogen (secondary N) is 2. The second-order valence-corrected chi connectivity index (χ2v) is 7.27. The lowest BCUT2D eigenvalue weighted by Gasteiger charge is -2.14. The molecule has 0 spiro atoms. The van der Waals surface area contributed by atoms with Crippen molar-refractivity contribution in [3.05, 3.63) is 78.0 Å². The lowest BCUT2D eigenvalue weighted by Crippen LogP contribution is -2.38. The van der Waals surface area contributed by atoms with Gasteiger partial charge < -0.3 is 15.4 Å². The predicted octanol–water partition coefficient (Wildman–Crippen LogP) is 4.42. The summed E-state index contributed by atoms with van der Waals surface area (Å²) in [6.45, 7) is 8.97. The Morgan fingerprint density at radius 3 is 2.59 bits per heavy atom. The molecule has 0 bridgehead atoms. The van der Waals surface area contributed by atoms with E-state index < -0.39 is 0 Å². The Bertz CT molecular complexity index is 943. The quantitative estimate of drug-likeness (QED) is 0.170. The fraction of sp³-hybridized carbons (Fsp3) is 0.375. The van der Waals surface area contributed by atoms with Gasteiger partial charge in [0, 0.05) is 38.3 Å². The van der Waals surface area contributed by atoms with Crippen molar-refractivity contribution in [2.45, 2.75) is 39.8 Å². The number of aryl methyl sites for hydroxylation is 1. The molecule has 3 rings (SSSR count). The van der Waals surface area contributed by atoms with E-state index >= 15 is 0 Å². The Morgan fingerprint density at radius 2 is 1.94 bits per heavy atom. The van der Waals surface area contributed by atoms with Crippen molar-refractivity contribution in [3.8, 4) is 5.82 Å². The van der Waals surface area contributed by atoms with Crippen LogP contribution in [0.1, 0.15) is 43.3 Å². The molecule has 2 heterocycles. The molecule has 0 fully saturated rings. The Kier molecular flexibility index (Phi) is 11.2. The number of pyridine rings is 1. The molecule has 8 heteroatoms. The number of halogens is 1. The van der Waals surface area contributed by atoms with Gasteiger partial charge >= 0.3 is 0 Å². The van der Waals surface area contributed by atoms with Crippen molar-refractivity contribution in [2.75, 3.05) is 19.7 Å². The molecule has 0 aliphatic rings. The summed E-state index contributed by atoms with van der Waals surface area (Å²) in [5.41, 5.74) is 2.26. The molecule has 0 amide bonds. The number of benzene rings is 1. The Labute approximate surface area is 207 Å². The molecule has 0 aliphatic heterocycles. The summed E-state index contributed by atoms with van der Waals surface area (Å²) < 4.78 is 7.89. The summed E-state index contributed by atoms with van der Waals surface area (Å²) in [5.74, 6) is 2.57. The van der Waals surface area contributed by atoms with E-state index in [2.05, 4.69) is 51.6 Å². The normalized spacial score (nSPS) is 12.2. The van der Waals surface area contributed by atoms with Crippen molar-refractivity contribution < 1.29 is 4.74 Å². The van der Waals surface area contributed by atoms with Gasteiger partial charge in [-0.05, 0) is 44.4 Å². The second kappa shape index (κ2) is 13.8. The first-order valence-corrected chi connectivity index (χ1v) is 10.8. The molecule has 2 aromatic heterocycles. The van der Waals surface area contributed by atoms with Crippen molar-refractivity contribution in [1.82, 2.24) is 25.2 Å². The highest BCUT2D eigenvalue weighted by atomic mass is 127. The van der Waals surface area contributed by atoms with Gasteiger partial charge in [0.05, 0.1) is 12.6 Å². The molecule has 32 heavy (non-hydrogen) atoms. The summed E-state index contributed by atoms with van der Waals surface area (Å²) in [6, 6.07) is 14.3. The number of hydrogen-bond donors (Lipinski definition) is 2. The largest absolute Gasteiger partial charge is 0.374 e. The number of hydrogen-bond acceptors (Lipinski definition) is 4. The highest BCUT2D eigenvalue weighted by molar-refractivity contribution is 14.0. The minimum atomic E-state index is 0. The number of aromatic nitrogens is 3. The lowest BCUT2D eigenvalue weighted by atomic mass is 10.1. The third-order valence-corrected chi connectivity index (χ3v) is 4.90. The van der Waals surface area contributed by atoms with Crippen LogP contribution in [0.4, 0.5) is 0 Å². The van der Waals surface area contributed by atoms with Crippen molar-refractivity contribution >= 4 is 29.9 Å². The number of aliphatic imine (C=N–C) groups is 1. The van der Waals surface area contributed by atoms with Gasteiger partial charge in [0.1, 0.15) is 11.6 Å². The van der Waals surface area contributed by atoms with E-state index in [1.54, 1.807) is 6.20 Å². The summed E-state index contributed by atoms with van der Waals surface area (Å²) in [6.07, 6.45) is 6.55. The van der Waals surface area contributed by atoms with Gasteiger partial charge in [0.25, 0.3) is 0 Å². The standard InChI is InChI=1S/C24H32N6O.HI/c1-4-25-24(27-13-8-16-31-19(2)22-9-6-5-7-10-22)29-18-21-11-12-23(28-17-21)30-15-14-26-20(30)3;/h5-7,9-12,14-15,17,19H,4,8,13,16,18H2,1-3H3,(H2,25,27,29);1H. The molecule has 0 saturated heterocycles. The molecule has 1 unspecified atom stereocenters. The third kappa shape index (κ3) is 7.90. The molecule has 2 N–H and O–H groups in total. The van der Waals surface area contributed by atoms with E-state index in [0.717, 1.165) is 42.7 Å². The highest BCUT2D eigenvalue weighted by Gasteiger charge is 2.05. The van der Waals surface area contributed by atoms with Crippen LogP contribution in [0.25, 0.3) is 5.82 Å². The molecular weight excluding hydrogens is 515 g/mol. The van der Waals surface area contributed by atoms with E-state index in [0.29, 0.717) is 13.2 Å². The molecule has 172 valence electrons. The minimum Gasteiger partial charge on any atom is -0.374 e. The maximum atomic E-state index is 5.93. The van der Waals surface area contributed by atoms with Gasteiger partial charge in [-0.2, -0.15) is 0 Å². The van der Waals surface area contributed by atoms with Gasteiger partial charge in [-0.25, -0.2) is 15.0 Å². The zero-order chi connectivity index (χ0) is 21.9. The zero-order valence-corrected chi connectivity index (χ0v) is 21.3. The summed E-state index contributed by atoms with van der Waals surface area (Å²) in [7, 11) is 0. The summed E-state index contributed by atoms with van der Waals surface area (Å²) in [4.78, 5) is 13.4. The van der Waals surface area contributed by atoms with E-state index in [9.17, 15) is 0 Å². The number of rotatable bonds is 10. The van der Waals surface area contributed by atoms with Crippen LogP contribution in [0.5, 0.6) is 0 Å². The number of guanidine groups is 1. The molecule has 1 atom stereocenters. The van der Waals surface area contributed by atoms with E-state index in [1.807, 2.05) is 54.2 Å². The third-order valence-electron chi connectivity index (χ3n) is 4.90. The fourth-order valence-electron chi connectivity index (χ4n) is 3.14. The smallest absolute Gasteiger partial charge is 0.191 e. The van der Waals surface area contributed by atoms with Crippen LogP contribution < -0.4 is 10.6 Å². The lowest BCUT2D eigenvalue weighted by molar-refractivity contribution is 0.0646. The monoisotopic (exact) mass is 548 g/mol. The average molecular weight is 548 g/mol. The van der Waals surface area contributed by atoms with E-state index in [1.165, 1.54) is 5.56 Å². The van der Waals surface area contributed by atoms with Crippen LogP contribution in [0.2, 0.25) is 0 Å². The van der Waals surface area contributed by atoms with Crippen molar-refractivity contribution in [2.24, 2.45) is 4.99 Å². The van der Waals surface area contributed by atoms with Crippen LogP contribution in [-0.2, 0) is 11.3 Å². The van der Waals surface area contributed by atoms with E-state index in [4.69, 9.17) is 4.74 Å². The first-order valence-electron chi connectivity index (χ1n) is 10.8. The van der Waals surface area contributed by atoms with Gasteiger partial charge in [-0.15, -0.1) is 24.0 Å². The molecule has 0 aliphatic carbocycles. The minimum absolute atomic E-state index is 0. The fourth-order valence-corrected chi connectivity index (χ4v) is 3.14. The van der Waals surface area contributed by atoms with Crippen LogP contribution >= 0.6 is 24.0 Å². The molecular formula is C24H33IN6O. The van der Waals surface area contributed by atoms with Gasteiger partial charge in [-0.3, -0.25) is 4.57 Å². The van der Waals surface area contributed by atoms with Crippen molar-refractivity contribution in [1.29, 1.82) is 0 Å². The molecule has 7 nitrogen and oxygen atoms in total. The molecule has 0 saturated carbocycles. The predicted molar refractivity (Wildman–Crippen MR) is 140 cm³/mol. The maximum absolute atomic E-state index is 5.93. The van der Waals surface area contributed by atoms with Crippen LogP contribution in [0.15, 0.2) is 66.0 Å². The number of imidazole rings is 1. The van der Waals surface area contributed by atoms with Gasteiger partial charge in [0.15, 0.2) is 5.96 Å². The van der Waals surface area contributed by atoms with Gasteiger partial charge in [-0.1, -0.05) is 36.4 Å². The van der Waals surface area contributed by atoms with Gasteiger partial charge in [0.2, 0.25) is 0 Å². The van der Waals surface area contributed by atoms with Crippen LogP contribution in [-0.4, -0.2) is 40.2 Å². The van der Waals surface area contributed by atoms with E-state index in [-0.39, 0.29) is 30.1 Å². The topological polar surface area (TPSA) is 76.4 Å². The average Bonchev–Trinajstić information content (AvgIpc) is 3.23.